The van der Waals surface area contributed by atoms with Gasteiger partial charge in [-0.1, -0.05) is 72.8 Å². The number of fused-ring (bicyclic) bond motifs is 3. The van der Waals surface area contributed by atoms with E-state index in [1.165, 1.54) is 22.3 Å². The molecule has 142 valence electrons. The molecule has 0 saturated carbocycles. The molecule has 4 nitrogen and oxygen atoms in total. The smallest absolute Gasteiger partial charge is 0.146 e. The fraction of sp³-hybridized carbons (Fsp3) is 0.0400. The number of hydrogen-bond acceptors (Lipinski definition) is 4. The van der Waals surface area contributed by atoms with Gasteiger partial charge < -0.3 is 9.68 Å². The van der Waals surface area contributed by atoms with Crippen LogP contribution in [0.4, 0.5) is 0 Å². The normalized spacial score (nSPS) is 13.4. The van der Waals surface area contributed by atoms with Crippen LogP contribution in [0.3, 0.4) is 0 Å². The van der Waals surface area contributed by atoms with Gasteiger partial charge in [-0.15, -0.1) is 0 Å². The van der Waals surface area contributed by atoms with Crippen molar-refractivity contribution in [1.29, 1.82) is 0 Å². The zero-order valence-corrected chi connectivity index (χ0v) is 15.7. The van der Waals surface area contributed by atoms with Crippen LogP contribution in [0, 0.1) is 0 Å². The number of benzene rings is 4. The van der Waals surface area contributed by atoms with Crippen molar-refractivity contribution >= 4 is 0 Å². The van der Waals surface area contributed by atoms with Crippen LogP contribution in [0.2, 0.25) is 0 Å². The first-order chi connectivity index (χ1) is 14.3. The predicted octanol–water partition coefficient (Wildman–Crippen LogP) is 4.55. The Balaban J connectivity index is 1.88. The molecule has 1 aliphatic carbocycles. The van der Waals surface area contributed by atoms with Crippen molar-refractivity contribution in [3.8, 4) is 22.6 Å². The molecule has 0 amide bonds. The standard InChI is InChI=1S/C25H20N2O2/c26-28-19-13-9-17(10-14-19)25(18-11-15-20(29-27)16-12-18)23-7-3-1-5-21(23)22-6-2-4-8-24(22)25/h1-16H,26-27H2. The fourth-order valence-electron chi connectivity index (χ4n) is 4.59. The van der Waals surface area contributed by atoms with Crippen LogP contribution in [0.25, 0.3) is 11.1 Å². The van der Waals surface area contributed by atoms with Gasteiger partial charge >= 0.3 is 0 Å². The minimum Gasteiger partial charge on any atom is -0.412 e. The van der Waals surface area contributed by atoms with Gasteiger partial charge in [0.05, 0.1) is 5.41 Å². The summed E-state index contributed by atoms with van der Waals surface area (Å²) in [5.74, 6) is 12.0. The maximum absolute atomic E-state index is 5.36. The van der Waals surface area contributed by atoms with Crippen LogP contribution < -0.4 is 21.5 Å². The van der Waals surface area contributed by atoms with Crippen LogP contribution in [0.15, 0.2) is 97.1 Å². The van der Waals surface area contributed by atoms with Crippen molar-refractivity contribution in [3.63, 3.8) is 0 Å². The third-order valence-corrected chi connectivity index (χ3v) is 5.80. The number of rotatable bonds is 4. The number of nitrogens with two attached hydrogens (primary N) is 2. The molecule has 0 radical (unpaired) electrons. The SMILES string of the molecule is NOc1ccc(C2(c3ccc(ON)cc3)c3ccccc3-c3ccccc32)cc1. The molecule has 0 fully saturated rings. The highest BCUT2D eigenvalue weighted by molar-refractivity contribution is 5.86. The molecular weight excluding hydrogens is 360 g/mol. The average Bonchev–Trinajstić information content (AvgIpc) is 3.11. The second-order valence-corrected chi connectivity index (χ2v) is 7.13. The Morgan fingerprint density at radius 1 is 0.483 bits per heavy atom. The Hall–Kier alpha value is -3.60. The van der Waals surface area contributed by atoms with Crippen molar-refractivity contribution in [2.45, 2.75) is 5.41 Å². The molecule has 5 rings (SSSR count). The molecular formula is C25H20N2O2. The summed E-state index contributed by atoms with van der Waals surface area (Å²) in [6, 6.07) is 33.0. The van der Waals surface area contributed by atoms with E-state index in [9.17, 15) is 0 Å². The zero-order chi connectivity index (χ0) is 19.8. The first kappa shape index (κ1) is 17.5. The molecule has 0 unspecified atom stereocenters. The summed E-state index contributed by atoms with van der Waals surface area (Å²) in [7, 11) is 0. The Morgan fingerprint density at radius 3 is 1.24 bits per heavy atom. The molecule has 4 aromatic carbocycles. The van der Waals surface area contributed by atoms with Gasteiger partial charge in [-0.25, -0.2) is 0 Å². The van der Waals surface area contributed by atoms with Gasteiger partial charge in [0.25, 0.3) is 0 Å². The molecule has 0 atom stereocenters. The molecule has 0 aliphatic heterocycles. The lowest BCUT2D eigenvalue weighted by Gasteiger charge is -2.34. The highest BCUT2D eigenvalue weighted by Gasteiger charge is 2.45. The molecule has 4 aromatic rings. The Labute approximate surface area is 169 Å². The summed E-state index contributed by atoms with van der Waals surface area (Å²) >= 11 is 0. The van der Waals surface area contributed by atoms with Crippen molar-refractivity contribution in [3.05, 3.63) is 119 Å². The first-order valence-corrected chi connectivity index (χ1v) is 9.43. The maximum Gasteiger partial charge on any atom is 0.146 e. The predicted molar refractivity (Wildman–Crippen MR) is 113 cm³/mol. The van der Waals surface area contributed by atoms with E-state index in [1.807, 2.05) is 24.3 Å². The lowest BCUT2D eigenvalue weighted by Crippen LogP contribution is -2.28. The molecule has 29 heavy (non-hydrogen) atoms. The van der Waals surface area contributed by atoms with Gasteiger partial charge in [0.1, 0.15) is 11.5 Å². The number of hydrogen-bond donors (Lipinski definition) is 2. The van der Waals surface area contributed by atoms with Crippen molar-refractivity contribution in [1.82, 2.24) is 0 Å². The summed E-state index contributed by atoms with van der Waals surface area (Å²) in [5, 5.41) is 0. The van der Waals surface area contributed by atoms with Crippen LogP contribution >= 0.6 is 0 Å². The van der Waals surface area contributed by atoms with E-state index in [0.29, 0.717) is 11.5 Å². The van der Waals surface area contributed by atoms with Gasteiger partial charge in [-0.05, 0) is 57.6 Å². The van der Waals surface area contributed by atoms with Crippen LogP contribution in [-0.4, -0.2) is 0 Å². The van der Waals surface area contributed by atoms with Gasteiger partial charge in [-0.2, -0.15) is 11.8 Å². The highest BCUT2D eigenvalue weighted by atomic mass is 16.6. The second-order valence-electron chi connectivity index (χ2n) is 7.13. The van der Waals surface area contributed by atoms with Gasteiger partial charge in [-0.3, -0.25) is 0 Å². The molecule has 0 saturated heterocycles. The summed E-state index contributed by atoms with van der Waals surface area (Å²) in [6.45, 7) is 0. The van der Waals surface area contributed by atoms with Crippen LogP contribution in [0.5, 0.6) is 11.5 Å². The average molecular weight is 380 g/mol. The van der Waals surface area contributed by atoms with Gasteiger partial charge in [0.15, 0.2) is 0 Å². The minimum atomic E-state index is -0.465. The summed E-state index contributed by atoms with van der Waals surface area (Å²) in [5.41, 5.74) is 6.76. The van der Waals surface area contributed by atoms with Crippen LogP contribution in [0.1, 0.15) is 22.3 Å². The summed E-state index contributed by atoms with van der Waals surface area (Å²) < 4.78 is 0. The van der Waals surface area contributed by atoms with E-state index in [1.54, 1.807) is 0 Å². The molecule has 1 aliphatic rings. The van der Waals surface area contributed by atoms with Crippen molar-refractivity contribution in [2.75, 3.05) is 0 Å². The van der Waals surface area contributed by atoms with E-state index in [-0.39, 0.29) is 0 Å². The summed E-state index contributed by atoms with van der Waals surface area (Å²) in [6.07, 6.45) is 0. The first-order valence-electron chi connectivity index (χ1n) is 9.43. The topological polar surface area (TPSA) is 70.5 Å². The minimum absolute atomic E-state index is 0.465. The third kappa shape index (κ3) is 2.47. The van der Waals surface area contributed by atoms with Crippen LogP contribution in [-0.2, 0) is 5.41 Å². The molecule has 4 N–H and O–H groups in total. The lowest BCUT2D eigenvalue weighted by molar-refractivity contribution is 0.334. The van der Waals surface area contributed by atoms with E-state index in [0.717, 1.165) is 11.1 Å². The molecule has 0 bridgehead atoms. The van der Waals surface area contributed by atoms with Gasteiger partial charge in [0, 0.05) is 0 Å². The Bertz CT molecular complexity index is 1070. The van der Waals surface area contributed by atoms with Gasteiger partial charge in [0.2, 0.25) is 0 Å². The lowest BCUT2D eigenvalue weighted by atomic mass is 9.68. The maximum atomic E-state index is 5.36. The van der Waals surface area contributed by atoms with E-state index < -0.39 is 5.41 Å². The van der Waals surface area contributed by atoms with E-state index >= 15 is 0 Å². The molecule has 4 heteroatoms. The van der Waals surface area contributed by atoms with Crippen molar-refractivity contribution in [2.24, 2.45) is 11.8 Å². The van der Waals surface area contributed by atoms with E-state index in [4.69, 9.17) is 21.5 Å². The largest absolute Gasteiger partial charge is 0.412 e. The molecule has 0 aromatic heterocycles. The highest BCUT2D eigenvalue weighted by Crippen LogP contribution is 2.56. The monoisotopic (exact) mass is 380 g/mol. The fourth-order valence-corrected chi connectivity index (χ4v) is 4.59. The second kappa shape index (κ2) is 6.78. The molecule has 0 spiro atoms. The van der Waals surface area contributed by atoms with E-state index in [2.05, 4.69) is 72.8 Å². The third-order valence-electron chi connectivity index (χ3n) is 5.80. The quantitative estimate of drug-likeness (QED) is 0.449. The Kier molecular flexibility index (Phi) is 4.09. The zero-order valence-electron chi connectivity index (χ0n) is 15.7. The molecule has 0 heterocycles. The Morgan fingerprint density at radius 2 is 0.862 bits per heavy atom. The summed E-state index contributed by atoms with van der Waals surface area (Å²) in [4.78, 5) is 9.82. The van der Waals surface area contributed by atoms with Crippen molar-refractivity contribution < 1.29 is 9.68 Å².